The Hall–Kier alpha value is -0.170. The Bertz CT molecular complexity index is 436. The maximum absolute atomic E-state index is 12.5. The Kier molecular flexibility index (Phi) is 5.19. The summed E-state index contributed by atoms with van der Waals surface area (Å²) in [7, 11) is -3.05. The quantitative estimate of drug-likeness (QED) is 0.713. The first-order valence-electron chi connectivity index (χ1n) is 8.60. The summed E-state index contributed by atoms with van der Waals surface area (Å²) in [4.78, 5) is 2.48. The van der Waals surface area contributed by atoms with Crippen LogP contribution in [0.5, 0.6) is 0 Å². The van der Waals surface area contributed by atoms with Crippen molar-refractivity contribution in [2.24, 2.45) is 0 Å². The Balaban J connectivity index is 1.43. The molecule has 0 spiro atoms. The fraction of sp³-hybridized carbons (Fsp3) is 1.00. The SMILES string of the molecule is O=S(=O)(CCCCNC1CC1)N1CCCN2CCCC2C1. The number of hydrogen-bond acceptors (Lipinski definition) is 4. The molecule has 1 saturated carbocycles. The molecule has 0 amide bonds. The monoisotopic (exact) mass is 315 g/mol. The van der Waals surface area contributed by atoms with E-state index >= 15 is 0 Å². The van der Waals surface area contributed by atoms with Crippen molar-refractivity contribution in [3.63, 3.8) is 0 Å². The highest BCUT2D eigenvalue weighted by Crippen LogP contribution is 2.23. The van der Waals surface area contributed by atoms with Gasteiger partial charge in [-0.1, -0.05) is 0 Å². The summed E-state index contributed by atoms with van der Waals surface area (Å²) >= 11 is 0. The molecule has 5 nitrogen and oxygen atoms in total. The largest absolute Gasteiger partial charge is 0.314 e. The van der Waals surface area contributed by atoms with Crippen LogP contribution in [-0.2, 0) is 10.0 Å². The van der Waals surface area contributed by atoms with Gasteiger partial charge in [-0.05, 0) is 64.6 Å². The van der Waals surface area contributed by atoms with E-state index in [9.17, 15) is 8.42 Å². The molecule has 2 heterocycles. The van der Waals surface area contributed by atoms with Gasteiger partial charge in [0.05, 0.1) is 5.75 Å². The summed E-state index contributed by atoms with van der Waals surface area (Å²) in [5.41, 5.74) is 0. The average Bonchev–Trinajstić information content (AvgIpc) is 3.21. The number of hydrogen-bond donors (Lipinski definition) is 1. The highest BCUT2D eigenvalue weighted by atomic mass is 32.2. The van der Waals surface area contributed by atoms with Crippen LogP contribution in [0, 0.1) is 0 Å². The van der Waals surface area contributed by atoms with Gasteiger partial charge < -0.3 is 5.32 Å². The third kappa shape index (κ3) is 4.41. The topological polar surface area (TPSA) is 52.7 Å². The van der Waals surface area contributed by atoms with Gasteiger partial charge in [0, 0.05) is 25.2 Å². The molecular formula is C15H29N3O2S. The number of fused-ring (bicyclic) bond motifs is 1. The van der Waals surface area contributed by atoms with Crippen molar-refractivity contribution in [2.45, 2.75) is 57.0 Å². The van der Waals surface area contributed by atoms with E-state index in [1.807, 2.05) is 0 Å². The van der Waals surface area contributed by atoms with Gasteiger partial charge in [-0.3, -0.25) is 4.90 Å². The molecule has 3 fully saturated rings. The molecule has 3 aliphatic rings. The van der Waals surface area contributed by atoms with E-state index in [-0.39, 0.29) is 0 Å². The molecule has 0 aromatic heterocycles. The van der Waals surface area contributed by atoms with Crippen LogP contribution in [0.3, 0.4) is 0 Å². The standard InChI is InChI=1S/C15H29N3O2S/c19-21(20,12-2-1-8-16-14-6-7-14)18-11-4-10-17-9-3-5-15(17)13-18/h14-16H,1-13H2. The molecule has 0 bridgehead atoms. The third-order valence-corrected chi connectivity index (χ3v) is 6.92. The van der Waals surface area contributed by atoms with Crippen LogP contribution >= 0.6 is 0 Å². The third-order valence-electron chi connectivity index (χ3n) is 5.00. The van der Waals surface area contributed by atoms with Crippen LogP contribution in [0.1, 0.15) is 44.9 Å². The molecule has 6 heteroatoms. The fourth-order valence-electron chi connectivity index (χ4n) is 3.56. The van der Waals surface area contributed by atoms with Gasteiger partial charge in [0.1, 0.15) is 0 Å². The maximum Gasteiger partial charge on any atom is 0.214 e. The maximum atomic E-state index is 12.5. The second kappa shape index (κ2) is 6.94. The summed E-state index contributed by atoms with van der Waals surface area (Å²) in [5, 5.41) is 3.45. The minimum absolute atomic E-state index is 0.325. The van der Waals surface area contributed by atoms with Crippen molar-refractivity contribution in [3.05, 3.63) is 0 Å². The molecule has 2 aliphatic heterocycles. The van der Waals surface area contributed by atoms with Gasteiger partial charge in [-0.25, -0.2) is 12.7 Å². The molecule has 1 unspecified atom stereocenters. The first-order chi connectivity index (χ1) is 10.1. The van der Waals surface area contributed by atoms with E-state index in [0.29, 0.717) is 11.8 Å². The first kappa shape index (κ1) is 15.7. The predicted molar refractivity (Wildman–Crippen MR) is 84.8 cm³/mol. The molecule has 1 atom stereocenters. The highest BCUT2D eigenvalue weighted by molar-refractivity contribution is 7.89. The molecule has 0 aromatic carbocycles. The van der Waals surface area contributed by atoms with Crippen molar-refractivity contribution < 1.29 is 8.42 Å². The van der Waals surface area contributed by atoms with Gasteiger partial charge in [0.15, 0.2) is 0 Å². The van der Waals surface area contributed by atoms with Crippen LogP contribution in [0.2, 0.25) is 0 Å². The van der Waals surface area contributed by atoms with E-state index in [0.717, 1.165) is 64.4 Å². The number of nitrogens with one attached hydrogen (secondary N) is 1. The van der Waals surface area contributed by atoms with Crippen LogP contribution < -0.4 is 5.32 Å². The Morgan fingerprint density at radius 3 is 2.62 bits per heavy atom. The number of rotatable bonds is 7. The lowest BCUT2D eigenvalue weighted by molar-refractivity contribution is 0.257. The van der Waals surface area contributed by atoms with Crippen molar-refractivity contribution in [2.75, 3.05) is 38.5 Å². The summed E-state index contributed by atoms with van der Waals surface area (Å²) in [6.45, 7) is 4.64. The molecular weight excluding hydrogens is 286 g/mol. The van der Waals surface area contributed by atoms with Crippen molar-refractivity contribution in [3.8, 4) is 0 Å². The predicted octanol–water partition coefficient (Wildman–Crippen LogP) is 1.02. The molecule has 0 radical (unpaired) electrons. The van der Waals surface area contributed by atoms with Crippen molar-refractivity contribution in [1.82, 2.24) is 14.5 Å². The Morgan fingerprint density at radius 2 is 1.81 bits per heavy atom. The van der Waals surface area contributed by atoms with Gasteiger partial charge in [0.2, 0.25) is 10.0 Å². The fourth-order valence-corrected chi connectivity index (χ4v) is 5.19. The van der Waals surface area contributed by atoms with Gasteiger partial charge >= 0.3 is 0 Å². The Morgan fingerprint density at radius 1 is 1.00 bits per heavy atom. The van der Waals surface area contributed by atoms with E-state index in [1.165, 1.54) is 19.3 Å². The van der Waals surface area contributed by atoms with Crippen LogP contribution in [-0.4, -0.2) is 68.2 Å². The Labute approximate surface area is 129 Å². The molecule has 21 heavy (non-hydrogen) atoms. The molecule has 2 saturated heterocycles. The van der Waals surface area contributed by atoms with Crippen LogP contribution in [0.15, 0.2) is 0 Å². The molecule has 0 aromatic rings. The summed E-state index contributed by atoms with van der Waals surface area (Å²) < 4.78 is 26.8. The normalized spacial score (nSPS) is 28.5. The van der Waals surface area contributed by atoms with Gasteiger partial charge in [0.25, 0.3) is 0 Å². The second-order valence-electron chi connectivity index (χ2n) is 6.80. The van der Waals surface area contributed by atoms with E-state index in [4.69, 9.17) is 0 Å². The smallest absolute Gasteiger partial charge is 0.214 e. The lowest BCUT2D eigenvalue weighted by Crippen LogP contribution is -2.40. The summed E-state index contributed by atoms with van der Waals surface area (Å²) in [6.07, 6.45) is 7.72. The summed E-state index contributed by atoms with van der Waals surface area (Å²) in [5.74, 6) is 0.325. The number of sulfonamides is 1. The molecule has 1 N–H and O–H groups in total. The van der Waals surface area contributed by atoms with E-state index in [2.05, 4.69) is 10.2 Å². The molecule has 3 rings (SSSR count). The lowest BCUT2D eigenvalue weighted by atomic mass is 10.2. The average molecular weight is 315 g/mol. The zero-order chi connectivity index (χ0) is 14.7. The molecule has 122 valence electrons. The lowest BCUT2D eigenvalue weighted by Gasteiger charge is -2.25. The minimum atomic E-state index is -3.05. The second-order valence-corrected chi connectivity index (χ2v) is 8.88. The van der Waals surface area contributed by atoms with Crippen LogP contribution in [0.25, 0.3) is 0 Å². The number of nitrogens with zero attached hydrogens (tertiary/aromatic N) is 2. The first-order valence-corrected chi connectivity index (χ1v) is 10.2. The number of unbranched alkanes of at least 4 members (excludes halogenated alkanes) is 1. The molecule has 1 aliphatic carbocycles. The van der Waals surface area contributed by atoms with Crippen molar-refractivity contribution >= 4 is 10.0 Å². The van der Waals surface area contributed by atoms with E-state index in [1.54, 1.807) is 4.31 Å². The summed E-state index contributed by atoms with van der Waals surface area (Å²) in [6, 6.07) is 1.19. The minimum Gasteiger partial charge on any atom is -0.314 e. The van der Waals surface area contributed by atoms with E-state index < -0.39 is 10.0 Å². The van der Waals surface area contributed by atoms with Gasteiger partial charge in [-0.2, -0.15) is 0 Å². The highest BCUT2D eigenvalue weighted by Gasteiger charge is 2.33. The zero-order valence-corrected chi connectivity index (χ0v) is 13.8. The van der Waals surface area contributed by atoms with Gasteiger partial charge in [-0.15, -0.1) is 0 Å². The zero-order valence-electron chi connectivity index (χ0n) is 13.0. The van der Waals surface area contributed by atoms with Crippen molar-refractivity contribution in [1.29, 1.82) is 0 Å². The van der Waals surface area contributed by atoms with Crippen LogP contribution in [0.4, 0.5) is 0 Å².